The summed E-state index contributed by atoms with van der Waals surface area (Å²) in [7, 11) is 0. The van der Waals surface area contributed by atoms with Gasteiger partial charge in [0.2, 0.25) is 0 Å². The van der Waals surface area contributed by atoms with Crippen molar-refractivity contribution in [2.24, 2.45) is 35.5 Å². The molecule has 0 amide bonds. The van der Waals surface area contributed by atoms with Crippen LogP contribution < -0.4 is 0 Å². The fourth-order valence-corrected chi connectivity index (χ4v) is 6.69. The normalized spacial score (nSPS) is 36.8. The summed E-state index contributed by atoms with van der Waals surface area (Å²) in [4.78, 5) is 0. The number of rotatable bonds is 7. The van der Waals surface area contributed by atoms with Crippen LogP contribution in [0.5, 0.6) is 0 Å². The van der Waals surface area contributed by atoms with Crippen LogP contribution in [-0.2, 0) is 0 Å². The third-order valence-electron chi connectivity index (χ3n) is 8.37. The van der Waals surface area contributed by atoms with Crippen LogP contribution in [0.15, 0.2) is 0 Å². The molecule has 0 radical (unpaired) electrons. The van der Waals surface area contributed by atoms with Crippen LogP contribution in [0.25, 0.3) is 0 Å². The van der Waals surface area contributed by atoms with Crippen molar-refractivity contribution in [2.75, 3.05) is 0 Å². The average Bonchev–Trinajstić information content (AvgIpc) is 3.17. The van der Waals surface area contributed by atoms with Gasteiger partial charge in [0.15, 0.2) is 0 Å². The lowest BCUT2D eigenvalue weighted by Crippen LogP contribution is -2.30. The SMILES string of the molecule is CCCCCC(C)C1CCC(C2CCCC(C3CCCC3)C2)CC1. The maximum absolute atomic E-state index is 2.55. The van der Waals surface area contributed by atoms with Gasteiger partial charge in [0, 0.05) is 0 Å². The van der Waals surface area contributed by atoms with Gasteiger partial charge in [-0.15, -0.1) is 0 Å². The van der Waals surface area contributed by atoms with Crippen molar-refractivity contribution >= 4 is 0 Å². The van der Waals surface area contributed by atoms with Crippen molar-refractivity contribution in [3.05, 3.63) is 0 Å². The maximum Gasteiger partial charge on any atom is -0.0383 e. The minimum atomic E-state index is 0.995. The van der Waals surface area contributed by atoms with Crippen molar-refractivity contribution in [3.63, 3.8) is 0 Å². The Morgan fingerprint density at radius 1 is 0.667 bits per heavy atom. The van der Waals surface area contributed by atoms with Crippen molar-refractivity contribution in [2.45, 2.75) is 117 Å². The van der Waals surface area contributed by atoms with E-state index in [1.165, 1.54) is 38.5 Å². The molecule has 3 rings (SSSR count). The molecule has 3 saturated carbocycles. The topological polar surface area (TPSA) is 0 Å². The fourth-order valence-electron chi connectivity index (χ4n) is 6.69. The molecular weight excluding hydrogens is 288 g/mol. The summed E-state index contributed by atoms with van der Waals surface area (Å²) in [5.74, 6) is 6.52. The van der Waals surface area contributed by atoms with E-state index in [0.29, 0.717) is 0 Å². The number of hydrogen-bond acceptors (Lipinski definition) is 0. The molecular formula is C24H44. The monoisotopic (exact) mass is 332 g/mol. The molecule has 0 heterocycles. The molecule has 0 bridgehead atoms. The van der Waals surface area contributed by atoms with Crippen molar-refractivity contribution in [1.29, 1.82) is 0 Å². The molecule has 0 aromatic heterocycles. The molecule has 24 heavy (non-hydrogen) atoms. The Bertz CT molecular complexity index is 332. The summed E-state index contributed by atoms with van der Waals surface area (Å²) in [6.07, 6.45) is 24.6. The average molecular weight is 333 g/mol. The van der Waals surface area contributed by atoms with Crippen LogP contribution in [0, 0.1) is 35.5 Å². The largest absolute Gasteiger partial charge is 0.0654 e. The van der Waals surface area contributed by atoms with Gasteiger partial charge in [-0.3, -0.25) is 0 Å². The first-order valence-electron chi connectivity index (χ1n) is 11.8. The third-order valence-corrected chi connectivity index (χ3v) is 8.37. The molecule has 0 heteroatoms. The van der Waals surface area contributed by atoms with Gasteiger partial charge in [-0.25, -0.2) is 0 Å². The molecule has 0 saturated heterocycles. The van der Waals surface area contributed by atoms with Crippen LogP contribution in [-0.4, -0.2) is 0 Å². The molecule has 0 nitrogen and oxygen atoms in total. The Hall–Kier alpha value is 0. The second-order valence-corrected chi connectivity index (χ2v) is 9.88. The van der Waals surface area contributed by atoms with Crippen molar-refractivity contribution in [1.82, 2.24) is 0 Å². The van der Waals surface area contributed by atoms with E-state index >= 15 is 0 Å². The highest BCUT2D eigenvalue weighted by atomic mass is 14.4. The van der Waals surface area contributed by atoms with E-state index in [0.717, 1.165) is 35.5 Å². The smallest absolute Gasteiger partial charge is 0.0383 e. The van der Waals surface area contributed by atoms with Crippen LogP contribution in [0.3, 0.4) is 0 Å². The van der Waals surface area contributed by atoms with Crippen LogP contribution >= 0.6 is 0 Å². The fraction of sp³-hybridized carbons (Fsp3) is 1.00. The van der Waals surface area contributed by atoms with E-state index in [1.807, 2.05) is 0 Å². The van der Waals surface area contributed by atoms with Gasteiger partial charge >= 0.3 is 0 Å². The summed E-state index contributed by atoms with van der Waals surface area (Å²) in [6, 6.07) is 0. The molecule has 0 aromatic carbocycles. The number of hydrogen-bond donors (Lipinski definition) is 0. The second-order valence-electron chi connectivity index (χ2n) is 9.88. The van der Waals surface area contributed by atoms with Crippen LogP contribution in [0.4, 0.5) is 0 Å². The number of unbranched alkanes of at least 4 members (excludes halogenated alkanes) is 2. The highest BCUT2D eigenvalue weighted by molar-refractivity contribution is 4.86. The molecule has 3 aliphatic rings. The molecule has 3 fully saturated rings. The van der Waals surface area contributed by atoms with Gasteiger partial charge < -0.3 is 0 Å². The van der Waals surface area contributed by atoms with Gasteiger partial charge in [-0.2, -0.15) is 0 Å². The zero-order chi connectivity index (χ0) is 16.8. The summed E-state index contributed by atoms with van der Waals surface area (Å²) in [6.45, 7) is 4.89. The molecule has 0 aromatic rings. The van der Waals surface area contributed by atoms with E-state index in [9.17, 15) is 0 Å². The summed E-state index contributed by atoms with van der Waals surface area (Å²) < 4.78 is 0. The molecule has 0 N–H and O–H groups in total. The highest BCUT2D eigenvalue weighted by Gasteiger charge is 2.35. The summed E-state index contributed by atoms with van der Waals surface area (Å²) in [5.41, 5.74) is 0. The molecule has 3 unspecified atom stereocenters. The van der Waals surface area contributed by atoms with Gasteiger partial charge in [0.05, 0.1) is 0 Å². The van der Waals surface area contributed by atoms with Crippen molar-refractivity contribution in [3.8, 4) is 0 Å². The van der Waals surface area contributed by atoms with E-state index in [1.54, 1.807) is 64.2 Å². The van der Waals surface area contributed by atoms with Gasteiger partial charge in [0.25, 0.3) is 0 Å². The van der Waals surface area contributed by atoms with Gasteiger partial charge in [-0.1, -0.05) is 84.5 Å². The first-order chi connectivity index (χ1) is 11.8. The first-order valence-corrected chi connectivity index (χ1v) is 11.8. The zero-order valence-electron chi connectivity index (χ0n) is 16.8. The van der Waals surface area contributed by atoms with Crippen molar-refractivity contribution < 1.29 is 0 Å². The Kier molecular flexibility index (Phi) is 7.54. The predicted octanol–water partition coefficient (Wildman–Crippen LogP) is 8.01. The highest BCUT2D eigenvalue weighted by Crippen LogP contribution is 2.47. The predicted molar refractivity (Wildman–Crippen MR) is 106 cm³/mol. The maximum atomic E-state index is 2.55. The van der Waals surface area contributed by atoms with Crippen LogP contribution in [0.1, 0.15) is 117 Å². The zero-order valence-corrected chi connectivity index (χ0v) is 16.8. The second kappa shape index (κ2) is 9.63. The summed E-state index contributed by atoms with van der Waals surface area (Å²) in [5, 5.41) is 0. The van der Waals surface area contributed by atoms with E-state index in [4.69, 9.17) is 0 Å². The molecule has 0 spiro atoms. The van der Waals surface area contributed by atoms with E-state index in [-0.39, 0.29) is 0 Å². The lowest BCUT2D eigenvalue weighted by atomic mass is 9.65. The standard InChI is InChI=1S/C24H44/c1-3-4-5-9-19(2)20-14-16-22(17-15-20)24-13-8-12-23(18-24)21-10-6-7-11-21/h19-24H,3-18H2,1-2H3. The molecule has 3 aliphatic carbocycles. The Morgan fingerprint density at radius 2 is 1.25 bits per heavy atom. The van der Waals surface area contributed by atoms with Gasteiger partial charge in [0.1, 0.15) is 0 Å². The minimum Gasteiger partial charge on any atom is -0.0654 e. The Morgan fingerprint density at radius 3 is 1.88 bits per heavy atom. The molecule has 3 atom stereocenters. The third kappa shape index (κ3) is 5.01. The lowest BCUT2D eigenvalue weighted by Gasteiger charge is -2.41. The quantitative estimate of drug-likeness (QED) is 0.414. The molecule has 0 aliphatic heterocycles. The van der Waals surface area contributed by atoms with Gasteiger partial charge in [-0.05, 0) is 67.6 Å². The van der Waals surface area contributed by atoms with E-state index < -0.39 is 0 Å². The Labute approximate surface area is 152 Å². The minimum absolute atomic E-state index is 0.995. The Balaban J connectivity index is 1.40. The molecule has 140 valence electrons. The van der Waals surface area contributed by atoms with Crippen LogP contribution in [0.2, 0.25) is 0 Å². The first kappa shape index (κ1) is 18.8. The lowest BCUT2D eigenvalue weighted by molar-refractivity contribution is 0.103. The summed E-state index contributed by atoms with van der Waals surface area (Å²) >= 11 is 0. The van der Waals surface area contributed by atoms with E-state index in [2.05, 4.69) is 13.8 Å².